The SMILES string of the molecule is CC1(c2ccccc2F)CCCNC1. The molecule has 0 radical (unpaired) electrons. The van der Waals surface area contributed by atoms with Crippen molar-refractivity contribution in [3.63, 3.8) is 0 Å². The first-order chi connectivity index (χ1) is 6.72. The zero-order valence-corrected chi connectivity index (χ0v) is 8.52. The molecule has 1 atom stereocenters. The lowest BCUT2D eigenvalue weighted by atomic mass is 9.76. The highest BCUT2D eigenvalue weighted by atomic mass is 19.1. The van der Waals surface area contributed by atoms with E-state index in [2.05, 4.69) is 12.2 Å². The highest BCUT2D eigenvalue weighted by Gasteiger charge is 2.30. The number of rotatable bonds is 1. The van der Waals surface area contributed by atoms with E-state index in [1.54, 1.807) is 12.1 Å². The third-order valence-electron chi connectivity index (χ3n) is 3.12. The molecule has 0 amide bonds. The Balaban J connectivity index is 2.32. The highest BCUT2D eigenvalue weighted by Crippen LogP contribution is 2.31. The van der Waals surface area contributed by atoms with Gasteiger partial charge in [-0.2, -0.15) is 0 Å². The van der Waals surface area contributed by atoms with E-state index in [9.17, 15) is 4.39 Å². The van der Waals surface area contributed by atoms with Gasteiger partial charge in [0, 0.05) is 12.0 Å². The van der Waals surface area contributed by atoms with E-state index in [4.69, 9.17) is 0 Å². The molecule has 2 rings (SSSR count). The standard InChI is InChI=1S/C12H16FN/c1-12(7-4-8-14-9-12)10-5-2-3-6-11(10)13/h2-3,5-6,14H,4,7-9H2,1H3. The first-order valence-corrected chi connectivity index (χ1v) is 5.18. The molecule has 1 heterocycles. The summed E-state index contributed by atoms with van der Waals surface area (Å²) in [6, 6.07) is 7.12. The van der Waals surface area contributed by atoms with Crippen LogP contribution < -0.4 is 5.32 Å². The Morgan fingerprint density at radius 3 is 2.79 bits per heavy atom. The van der Waals surface area contributed by atoms with Crippen LogP contribution in [0, 0.1) is 5.82 Å². The minimum absolute atomic E-state index is 0.0242. The molecule has 2 heteroatoms. The summed E-state index contributed by atoms with van der Waals surface area (Å²) in [6.45, 7) is 4.08. The second-order valence-corrected chi connectivity index (χ2v) is 4.32. The quantitative estimate of drug-likeness (QED) is 0.722. The van der Waals surface area contributed by atoms with Crippen LogP contribution in [0.2, 0.25) is 0 Å². The van der Waals surface area contributed by atoms with E-state index in [0.29, 0.717) is 0 Å². The summed E-state index contributed by atoms with van der Waals surface area (Å²) in [7, 11) is 0. The maximum Gasteiger partial charge on any atom is 0.126 e. The summed E-state index contributed by atoms with van der Waals surface area (Å²) in [5.41, 5.74) is 0.830. The predicted octanol–water partition coefficient (Wildman–Crippen LogP) is 2.47. The summed E-state index contributed by atoms with van der Waals surface area (Å²) >= 11 is 0. The Morgan fingerprint density at radius 2 is 2.14 bits per heavy atom. The van der Waals surface area contributed by atoms with Gasteiger partial charge >= 0.3 is 0 Å². The first kappa shape index (κ1) is 9.66. The summed E-state index contributed by atoms with van der Waals surface area (Å²) < 4.78 is 13.6. The fourth-order valence-electron chi connectivity index (χ4n) is 2.24. The Kier molecular flexibility index (Phi) is 2.55. The topological polar surface area (TPSA) is 12.0 Å². The highest BCUT2D eigenvalue weighted by molar-refractivity contribution is 5.27. The molecule has 76 valence electrons. The van der Waals surface area contributed by atoms with Crippen molar-refractivity contribution < 1.29 is 4.39 Å². The van der Waals surface area contributed by atoms with E-state index in [0.717, 1.165) is 31.5 Å². The minimum atomic E-state index is -0.0706. The molecular formula is C12H16FN. The van der Waals surface area contributed by atoms with Gasteiger partial charge in [-0.05, 0) is 31.0 Å². The Hall–Kier alpha value is -0.890. The van der Waals surface area contributed by atoms with Gasteiger partial charge in [-0.15, -0.1) is 0 Å². The minimum Gasteiger partial charge on any atom is -0.316 e. The van der Waals surface area contributed by atoms with Crippen LogP contribution >= 0.6 is 0 Å². The van der Waals surface area contributed by atoms with Gasteiger partial charge in [-0.1, -0.05) is 25.1 Å². The fourth-order valence-corrected chi connectivity index (χ4v) is 2.24. The van der Waals surface area contributed by atoms with E-state index in [1.165, 1.54) is 0 Å². The van der Waals surface area contributed by atoms with Gasteiger partial charge in [0.1, 0.15) is 5.82 Å². The molecule has 0 spiro atoms. The molecule has 1 aromatic carbocycles. The second-order valence-electron chi connectivity index (χ2n) is 4.32. The molecule has 1 aliphatic rings. The molecule has 1 nitrogen and oxygen atoms in total. The normalized spacial score (nSPS) is 27.6. The van der Waals surface area contributed by atoms with E-state index < -0.39 is 0 Å². The van der Waals surface area contributed by atoms with Crippen molar-refractivity contribution in [2.45, 2.75) is 25.2 Å². The van der Waals surface area contributed by atoms with Gasteiger partial charge < -0.3 is 5.32 Å². The van der Waals surface area contributed by atoms with Crippen molar-refractivity contribution in [3.8, 4) is 0 Å². The summed E-state index contributed by atoms with van der Waals surface area (Å²) in [5, 5.41) is 3.33. The van der Waals surface area contributed by atoms with Gasteiger partial charge in [-0.3, -0.25) is 0 Å². The number of hydrogen-bond donors (Lipinski definition) is 1. The van der Waals surface area contributed by atoms with Crippen LogP contribution in [-0.2, 0) is 5.41 Å². The van der Waals surface area contributed by atoms with Crippen molar-refractivity contribution in [1.82, 2.24) is 5.32 Å². The van der Waals surface area contributed by atoms with Gasteiger partial charge in [0.2, 0.25) is 0 Å². The van der Waals surface area contributed by atoms with Crippen LogP contribution in [0.15, 0.2) is 24.3 Å². The molecule has 1 saturated heterocycles. The van der Waals surface area contributed by atoms with Crippen LogP contribution in [-0.4, -0.2) is 13.1 Å². The lowest BCUT2D eigenvalue weighted by Crippen LogP contribution is -2.41. The molecule has 14 heavy (non-hydrogen) atoms. The Labute approximate surface area is 84.3 Å². The van der Waals surface area contributed by atoms with Crippen LogP contribution in [0.3, 0.4) is 0 Å². The largest absolute Gasteiger partial charge is 0.316 e. The molecule has 0 bridgehead atoms. The van der Waals surface area contributed by atoms with Crippen LogP contribution in [0.5, 0.6) is 0 Å². The van der Waals surface area contributed by atoms with Gasteiger partial charge in [0.05, 0.1) is 0 Å². The Morgan fingerprint density at radius 1 is 1.36 bits per heavy atom. The lowest BCUT2D eigenvalue weighted by Gasteiger charge is -2.34. The van der Waals surface area contributed by atoms with Gasteiger partial charge in [0.15, 0.2) is 0 Å². The number of nitrogens with one attached hydrogen (secondary N) is 1. The van der Waals surface area contributed by atoms with Crippen molar-refractivity contribution in [2.24, 2.45) is 0 Å². The van der Waals surface area contributed by atoms with Crippen LogP contribution in [0.25, 0.3) is 0 Å². The van der Waals surface area contributed by atoms with E-state index >= 15 is 0 Å². The van der Waals surface area contributed by atoms with Crippen molar-refractivity contribution in [1.29, 1.82) is 0 Å². The average molecular weight is 193 g/mol. The van der Waals surface area contributed by atoms with Gasteiger partial charge in [-0.25, -0.2) is 4.39 Å². The number of hydrogen-bond acceptors (Lipinski definition) is 1. The van der Waals surface area contributed by atoms with Crippen molar-refractivity contribution in [3.05, 3.63) is 35.6 Å². The number of halogens is 1. The smallest absolute Gasteiger partial charge is 0.126 e. The lowest BCUT2D eigenvalue weighted by molar-refractivity contribution is 0.329. The molecule has 0 saturated carbocycles. The van der Waals surface area contributed by atoms with Crippen molar-refractivity contribution >= 4 is 0 Å². The fraction of sp³-hybridized carbons (Fsp3) is 0.500. The summed E-state index contributed by atoms with van der Waals surface area (Å²) in [6.07, 6.45) is 2.20. The maximum absolute atomic E-state index is 13.6. The predicted molar refractivity (Wildman–Crippen MR) is 55.9 cm³/mol. The zero-order valence-electron chi connectivity index (χ0n) is 8.52. The van der Waals surface area contributed by atoms with Crippen LogP contribution in [0.4, 0.5) is 4.39 Å². The zero-order chi connectivity index (χ0) is 10.0. The maximum atomic E-state index is 13.6. The van der Waals surface area contributed by atoms with E-state index in [-0.39, 0.29) is 11.2 Å². The first-order valence-electron chi connectivity index (χ1n) is 5.18. The third kappa shape index (κ3) is 1.67. The van der Waals surface area contributed by atoms with Crippen molar-refractivity contribution in [2.75, 3.05) is 13.1 Å². The number of benzene rings is 1. The molecule has 1 N–H and O–H groups in total. The third-order valence-corrected chi connectivity index (χ3v) is 3.12. The molecular weight excluding hydrogens is 177 g/mol. The number of piperidine rings is 1. The van der Waals surface area contributed by atoms with Crippen LogP contribution in [0.1, 0.15) is 25.3 Å². The molecule has 0 aromatic heterocycles. The molecule has 1 aromatic rings. The molecule has 1 aliphatic heterocycles. The second kappa shape index (κ2) is 3.70. The molecule has 1 unspecified atom stereocenters. The monoisotopic (exact) mass is 193 g/mol. The Bertz CT molecular complexity index is 316. The van der Waals surface area contributed by atoms with E-state index in [1.807, 2.05) is 12.1 Å². The summed E-state index contributed by atoms with van der Waals surface area (Å²) in [5.74, 6) is -0.0706. The van der Waals surface area contributed by atoms with Gasteiger partial charge in [0.25, 0.3) is 0 Å². The molecule has 0 aliphatic carbocycles. The molecule has 1 fully saturated rings. The average Bonchev–Trinajstić information content (AvgIpc) is 2.19. The summed E-state index contributed by atoms with van der Waals surface area (Å²) in [4.78, 5) is 0.